The van der Waals surface area contributed by atoms with E-state index >= 15 is 0 Å². The second-order valence-corrected chi connectivity index (χ2v) is 5.29. The molecule has 0 radical (unpaired) electrons. The number of anilines is 1. The van der Waals surface area contributed by atoms with Crippen molar-refractivity contribution in [3.05, 3.63) is 84.4 Å². The molecule has 0 unspecified atom stereocenters. The summed E-state index contributed by atoms with van der Waals surface area (Å²) in [6.45, 7) is 0. The quantitative estimate of drug-likeness (QED) is 0.375. The van der Waals surface area contributed by atoms with E-state index in [-0.39, 0.29) is 5.91 Å². The number of benzene rings is 3. The average molecular weight is 333 g/mol. The molecular weight excluding hydrogens is 316 g/mol. The number of carbonyl (C=O) groups excluding carboxylic acids is 1. The molecule has 0 bridgehead atoms. The summed E-state index contributed by atoms with van der Waals surface area (Å²) in [5, 5.41) is 20.0. The van der Waals surface area contributed by atoms with Crippen molar-refractivity contribution in [3.8, 4) is 0 Å². The number of carbonyl (C=O) groups is 1. The van der Waals surface area contributed by atoms with E-state index in [1.807, 2.05) is 18.2 Å². The van der Waals surface area contributed by atoms with Crippen molar-refractivity contribution >= 4 is 28.7 Å². The molecule has 3 rings (SSSR count). The van der Waals surface area contributed by atoms with Crippen LogP contribution in [0.5, 0.6) is 0 Å². The summed E-state index contributed by atoms with van der Waals surface area (Å²) in [6, 6.07) is 23.2. The minimum Gasteiger partial charge on any atom is -0.322 e. The lowest BCUT2D eigenvalue weighted by Gasteiger charge is -2.05. The Morgan fingerprint density at radius 1 is 0.800 bits per heavy atom. The number of quaternary nitrogens is 1. The summed E-state index contributed by atoms with van der Waals surface area (Å²) in [6.07, 6.45) is 0. The lowest BCUT2D eigenvalue weighted by atomic mass is 10.2. The van der Waals surface area contributed by atoms with Crippen molar-refractivity contribution < 1.29 is 15.5 Å². The first-order chi connectivity index (χ1) is 12.2. The Morgan fingerprint density at radius 3 is 1.92 bits per heavy atom. The van der Waals surface area contributed by atoms with Gasteiger partial charge in [0.25, 0.3) is 5.91 Å². The topological polar surface area (TPSA) is 90.7 Å². The molecule has 0 aliphatic carbocycles. The zero-order valence-corrected chi connectivity index (χ0v) is 13.3. The van der Waals surface area contributed by atoms with Crippen LogP contribution >= 0.6 is 0 Å². The van der Waals surface area contributed by atoms with Gasteiger partial charge in [-0.05, 0) is 48.5 Å². The third-order valence-corrected chi connectivity index (χ3v) is 3.48. The number of nitrogens with zero attached hydrogens (tertiary/aromatic N) is 2. The van der Waals surface area contributed by atoms with Gasteiger partial charge in [-0.3, -0.25) is 4.79 Å². The number of hydrogen-bond acceptors (Lipinski definition) is 4. The largest absolute Gasteiger partial charge is 0.322 e. The van der Waals surface area contributed by atoms with Crippen molar-refractivity contribution in [3.63, 3.8) is 0 Å². The molecule has 1 amide bonds. The molecule has 0 fully saturated rings. The Bertz CT molecular complexity index is 860. The predicted octanol–water partition coefficient (Wildman–Crippen LogP) is 3.94. The van der Waals surface area contributed by atoms with Gasteiger partial charge in [-0.15, -0.1) is 0 Å². The van der Waals surface area contributed by atoms with Crippen LogP contribution in [0.4, 0.5) is 22.7 Å². The first-order valence-corrected chi connectivity index (χ1v) is 7.70. The predicted molar refractivity (Wildman–Crippen MR) is 94.8 cm³/mol. The average Bonchev–Trinajstić information content (AvgIpc) is 2.68. The van der Waals surface area contributed by atoms with Crippen molar-refractivity contribution in [2.45, 2.75) is 0 Å². The van der Waals surface area contributed by atoms with Crippen LogP contribution < -0.4 is 10.8 Å². The van der Waals surface area contributed by atoms with Crippen LogP contribution in [0.1, 0.15) is 10.4 Å². The summed E-state index contributed by atoms with van der Waals surface area (Å²) >= 11 is 0. The van der Waals surface area contributed by atoms with E-state index in [0.717, 1.165) is 5.48 Å². The van der Waals surface area contributed by atoms with Crippen LogP contribution in [-0.4, -0.2) is 11.1 Å². The Kier molecular flexibility index (Phi) is 5.26. The smallest absolute Gasteiger partial charge is 0.255 e. The summed E-state index contributed by atoms with van der Waals surface area (Å²) in [5.41, 5.74) is 4.40. The lowest BCUT2D eigenvalue weighted by molar-refractivity contribution is -0.825. The van der Waals surface area contributed by atoms with Gasteiger partial charge in [0.1, 0.15) is 0 Å². The van der Waals surface area contributed by atoms with E-state index in [9.17, 15) is 4.79 Å². The number of hydrogen-bond donors (Lipinski definition) is 3. The minimum atomic E-state index is -0.157. The van der Waals surface area contributed by atoms with Crippen LogP contribution in [0.3, 0.4) is 0 Å². The fraction of sp³-hybridized carbons (Fsp3) is 0. The third-order valence-electron chi connectivity index (χ3n) is 3.48. The van der Waals surface area contributed by atoms with Crippen molar-refractivity contribution in [2.24, 2.45) is 10.2 Å². The lowest BCUT2D eigenvalue weighted by Crippen LogP contribution is -2.73. The van der Waals surface area contributed by atoms with Crippen molar-refractivity contribution in [1.82, 2.24) is 0 Å². The van der Waals surface area contributed by atoms with Crippen LogP contribution in [0.2, 0.25) is 0 Å². The first-order valence-electron chi connectivity index (χ1n) is 7.70. The Morgan fingerprint density at radius 2 is 1.36 bits per heavy atom. The monoisotopic (exact) mass is 333 g/mol. The summed E-state index contributed by atoms with van der Waals surface area (Å²) in [7, 11) is 0. The molecule has 6 heteroatoms. The minimum absolute atomic E-state index is 0.157. The first kappa shape index (κ1) is 16.5. The zero-order valence-electron chi connectivity index (χ0n) is 13.3. The van der Waals surface area contributed by atoms with Gasteiger partial charge in [-0.2, -0.15) is 15.7 Å². The highest BCUT2D eigenvalue weighted by Gasteiger charge is 2.04. The van der Waals surface area contributed by atoms with Crippen LogP contribution in [0, 0.1) is 0 Å². The maximum Gasteiger partial charge on any atom is 0.255 e. The normalized spacial score (nSPS) is 10.8. The molecule has 0 atom stereocenters. The van der Waals surface area contributed by atoms with Crippen LogP contribution in [0.25, 0.3) is 0 Å². The fourth-order valence-corrected chi connectivity index (χ4v) is 2.15. The van der Waals surface area contributed by atoms with Crippen LogP contribution in [0.15, 0.2) is 89.1 Å². The Hall–Kier alpha value is -3.35. The molecule has 0 heterocycles. The molecule has 124 valence electrons. The third kappa shape index (κ3) is 4.57. The van der Waals surface area contributed by atoms with Gasteiger partial charge in [0.2, 0.25) is 0 Å². The SMILES string of the molecule is O=C(Nc1ccc(N=Nc2ccc([NH2+]O)cc2)cc1)c1ccccc1. The maximum absolute atomic E-state index is 12.1. The molecule has 0 aliphatic heterocycles. The number of amides is 1. The van der Waals surface area contributed by atoms with Gasteiger partial charge in [0.15, 0.2) is 5.69 Å². The molecule has 6 nitrogen and oxygen atoms in total. The van der Waals surface area contributed by atoms with E-state index in [1.165, 1.54) is 0 Å². The summed E-state index contributed by atoms with van der Waals surface area (Å²) in [5.74, 6) is -0.157. The number of nitrogens with one attached hydrogen (secondary N) is 1. The van der Waals surface area contributed by atoms with Crippen molar-refractivity contribution in [2.75, 3.05) is 5.32 Å². The van der Waals surface area contributed by atoms with E-state index in [0.29, 0.717) is 28.3 Å². The van der Waals surface area contributed by atoms with E-state index in [1.54, 1.807) is 60.7 Å². The number of azo groups is 1. The zero-order chi connectivity index (χ0) is 17.5. The second kappa shape index (κ2) is 7.96. The molecule has 0 saturated heterocycles. The maximum atomic E-state index is 12.1. The van der Waals surface area contributed by atoms with Crippen molar-refractivity contribution in [1.29, 1.82) is 0 Å². The van der Waals surface area contributed by atoms with E-state index in [4.69, 9.17) is 5.21 Å². The standard InChI is InChI=1S/C19H16N4O2/c24-19(14-4-2-1-3-5-14)20-15-6-8-16(9-7-15)21-22-17-10-12-18(23-25)13-11-17/h1-13,23,25H,(H,20,24)/p+1. The van der Waals surface area contributed by atoms with Gasteiger partial charge in [-0.1, -0.05) is 18.2 Å². The molecule has 0 aliphatic rings. The molecule has 0 spiro atoms. The Balaban J connectivity index is 1.63. The highest BCUT2D eigenvalue weighted by Crippen LogP contribution is 2.21. The van der Waals surface area contributed by atoms with Gasteiger partial charge < -0.3 is 5.32 Å². The molecule has 0 aromatic heterocycles. The van der Waals surface area contributed by atoms with Gasteiger partial charge in [-0.25, -0.2) is 5.21 Å². The summed E-state index contributed by atoms with van der Waals surface area (Å²) in [4.78, 5) is 12.1. The molecule has 3 aromatic carbocycles. The molecule has 3 aromatic rings. The Labute approximate surface area is 144 Å². The van der Waals surface area contributed by atoms with Gasteiger partial charge in [0, 0.05) is 23.4 Å². The number of nitrogens with two attached hydrogens (primary N) is 1. The van der Waals surface area contributed by atoms with Crippen LogP contribution in [-0.2, 0) is 0 Å². The summed E-state index contributed by atoms with van der Waals surface area (Å²) < 4.78 is 0. The molecule has 4 N–H and O–H groups in total. The molecule has 0 saturated carbocycles. The molecular formula is C19H17N4O2+. The van der Waals surface area contributed by atoms with Gasteiger partial charge in [0.05, 0.1) is 11.4 Å². The van der Waals surface area contributed by atoms with E-state index in [2.05, 4.69) is 15.5 Å². The second-order valence-electron chi connectivity index (χ2n) is 5.29. The number of rotatable bonds is 5. The highest BCUT2D eigenvalue weighted by atomic mass is 16.5. The fourth-order valence-electron chi connectivity index (χ4n) is 2.15. The van der Waals surface area contributed by atoms with Gasteiger partial charge >= 0.3 is 0 Å². The highest BCUT2D eigenvalue weighted by molar-refractivity contribution is 6.04. The van der Waals surface area contributed by atoms with E-state index < -0.39 is 0 Å². The molecule has 25 heavy (non-hydrogen) atoms.